The molecule has 2 atom stereocenters. The molecule has 36 heavy (non-hydrogen) atoms. The van der Waals surface area contributed by atoms with Gasteiger partial charge in [-0.3, -0.25) is 14.5 Å². The smallest absolute Gasteiger partial charge is 0.406 e. The fraction of sp³-hybridized carbons (Fsp3) is 0.400. The molecule has 196 valence electrons. The zero-order chi connectivity index (χ0) is 26.9. The quantitative estimate of drug-likeness (QED) is 0.327. The molecule has 1 aliphatic rings. The van der Waals surface area contributed by atoms with Crippen LogP contribution >= 0.6 is 11.6 Å². The monoisotopic (exact) mass is 543 g/mol. The number of rotatable bonds is 7. The van der Waals surface area contributed by atoms with Crippen LogP contribution in [0.2, 0.25) is 0 Å². The van der Waals surface area contributed by atoms with Gasteiger partial charge in [0.05, 0.1) is 6.04 Å². The minimum Gasteiger partial charge on any atom is -0.406 e. The second-order valence-corrected chi connectivity index (χ2v) is 8.14. The molecule has 1 aromatic heterocycles. The molecule has 0 radical (unpaired) electrons. The minimum atomic E-state index is -5.01. The number of likely N-dealkylation sites (tertiary alicyclic amines) is 1. The molecule has 1 aliphatic heterocycles. The molecule has 1 fully saturated rings. The number of halogens is 8. The Kier molecular flexibility index (Phi) is 7.64. The molecule has 0 bridgehead atoms. The molecule has 2 amide bonds. The van der Waals surface area contributed by atoms with Crippen molar-refractivity contribution >= 4 is 29.1 Å². The highest BCUT2D eigenvalue weighted by Gasteiger charge is 2.50. The van der Waals surface area contributed by atoms with Crippen LogP contribution in [0.15, 0.2) is 43.0 Å². The number of anilines is 1. The SMILES string of the molecule is C[C@](C(=O)NC1CN(C(F)(F)F)C1)(c1cncnc1)N(C(=O)[C@H](F)Cl)c1ccc(OC(F)(F)F)cc1. The van der Waals surface area contributed by atoms with Crippen LogP contribution < -0.4 is 15.0 Å². The van der Waals surface area contributed by atoms with Crippen molar-refractivity contribution in [3.63, 3.8) is 0 Å². The number of alkyl halides is 8. The van der Waals surface area contributed by atoms with Crippen LogP contribution in [0.25, 0.3) is 0 Å². The van der Waals surface area contributed by atoms with Crippen molar-refractivity contribution in [3.8, 4) is 5.75 Å². The highest BCUT2D eigenvalue weighted by molar-refractivity contribution is 6.32. The van der Waals surface area contributed by atoms with Crippen molar-refractivity contribution in [2.75, 3.05) is 18.0 Å². The van der Waals surface area contributed by atoms with Crippen LogP contribution in [0.4, 0.5) is 36.4 Å². The number of carbonyl (C=O) groups is 2. The van der Waals surface area contributed by atoms with Gasteiger partial charge in [-0.25, -0.2) is 19.3 Å². The van der Waals surface area contributed by atoms with Crippen molar-refractivity contribution in [2.45, 2.75) is 36.8 Å². The molecule has 3 rings (SSSR count). The van der Waals surface area contributed by atoms with E-state index in [2.05, 4.69) is 20.0 Å². The summed E-state index contributed by atoms with van der Waals surface area (Å²) in [5.41, 5.74) is -5.25. The number of aromatic nitrogens is 2. The van der Waals surface area contributed by atoms with Gasteiger partial charge in [0.1, 0.15) is 12.1 Å². The van der Waals surface area contributed by atoms with E-state index in [0.29, 0.717) is 4.90 Å². The Bertz CT molecular complexity index is 1080. The number of carbonyl (C=O) groups excluding carboxylic acids is 2. The predicted octanol–water partition coefficient (Wildman–Crippen LogP) is 3.48. The maximum Gasteiger partial charge on any atom is 0.573 e. The van der Waals surface area contributed by atoms with E-state index >= 15 is 0 Å². The van der Waals surface area contributed by atoms with Gasteiger partial charge in [-0.1, -0.05) is 11.6 Å². The lowest BCUT2D eigenvalue weighted by molar-refractivity contribution is -0.274. The lowest BCUT2D eigenvalue weighted by Crippen LogP contribution is -2.67. The van der Waals surface area contributed by atoms with E-state index in [0.717, 1.165) is 49.9 Å². The van der Waals surface area contributed by atoms with Gasteiger partial charge in [0.2, 0.25) is 0 Å². The molecule has 1 aromatic carbocycles. The first-order valence-electron chi connectivity index (χ1n) is 9.99. The third-order valence-electron chi connectivity index (χ3n) is 5.32. The van der Waals surface area contributed by atoms with Crippen molar-refractivity contribution in [1.82, 2.24) is 20.2 Å². The summed E-state index contributed by atoms with van der Waals surface area (Å²) < 4.78 is 93.8. The zero-order valence-electron chi connectivity index (χ0n) is 18.1. The van der Waals surface area contributed by atoms with E-state index in [1.165, 1.54) is 0 Å². The van der Waals surface area contributed by atoms with Crippen LogP contribution in [0.3, 0.4) is 0 Å². The number of hydrogen-bond acceptors (Lipinski definition) is 6. The Morgan fingerprint density at radius 1 is 1.11 bits per heavy atom. The second-order valence-electron chi connectivity index (χ2n) is 7.76. The van der Waals surface area contributed by atoms with Crippen molar-refractivity contribution < 1.29 is 45.1 Å². The van der Waals surface area contributed by atoms with Gasteiger partial charge in [0, 0.05) is 36.7 Å². The van der Waals surface area contributed by atoms with Crippen molar-refractivity contribution in [2.24, 2.45) is 0 Å². The van der Waals surface area contributed by atoms with Gasteiger partial charge >= 0.3 is 12.7 Å². The standard InChI is InChI=1S/C20H17ClF7N5O3/c1-18(11-6-29-10-30-7-11,17(35)31-12-8-32(9-12)19(23,24)25)33(16(34)15(21)22)13-2-4-14(5-3-13)36-20(26,27)28/h2-7,10,12,15H,8-9H2,1H3,(H,31,35)/t15-,18+/m0/s1. The third-order valence-corrected chi connectivity index (χ3v) is 5.51. The van der Waals surface area contributed by atoms with Crippen molar-refractivity contribution in [3.05, 3.63) is 48.5 Å². The maximum absolute atomic E-state index is 14.1. The van der Waals surface area contributed by atoms with E-state index in [1.807, 2.05) is 0 Å². The lowest BCUT2D eigenvalue weighted by atomic mass is 9.89. The van der Waals surface area contributed by atoms with Gasteiger partial charge < -0.3 is 10.1 Å². The average molecular weight is 544 g/mol. The van der Waals surface area contributed by atoms with Crippen LogP contribution in [0.1, 0.15) is 12.5 Å². The van der Waals surface area contributed by atoms with Gasteiger partial charge in [0.25, 0.3) is 17.4 Å². The topological polar surface area (TPSA) is 87.7 Å². The van der Waals surface area contributed by atoms with Crippen LogP contribution in [0.5, 0.6) is 5.75 Å². The number of benzene rings is 1. The third kappa shape index (κ3) is 5.95. The summed E-state index contributed by atoms with van der Waals surface area (Å²) in [5, 5.41) is 2.37. The highest BCUT2D eigenvalue weighted by atomic mass is 35.5. The summed E-state index contributed by atoms with van der Waals surface area (Å²) in [5.74, 6) is -3.18. The fourth-order valence-electron chi connectivity index (χ4n) is 3.52. The fourth-order valence-corrected chi connectivity index (χ4v) is 3.61. The predicted molar refractivity (Wildman–Crippen MR) is 110 cm³/mol. The number of ether oxygens (including phenoxy) is 1. The Hall–Kier alpha value is -3.20. The minimum absolute atomic E-state index is 0.0872. The summed E-state index contributed by atoms with van der Waals surface area (Å²) in [6.07, 6.45) is -6.32. The van der Waals surface area contributed by atoms with E-state index in [9.17, 15) is 40.3 Å². The number of hydrogen-bond donors (Lipinski definition) is 1. The average Bonchev–Trinajstić information content (AvgIpc) is 2.75. The van der Waals surface area contributed by atoms with Crippen LogP contribution in [0, 0.1) is 0 Å². The van der Waals surface area contributed by atoms with Crippen molar-refractivity contribution in [1.29, 1.82) is 0 Å². The Morgan fingerprint density at radius 2 is 1.67 bits per heavy atom. The summed E-state index contributed by atoms with van der Waals surface area (Å²) in [4.78, 5) is 34.5. The first-order chi connectivity index (χ1) is 16.6. The maximum atomic E-state index is 14.1. The normalized spacial score (nSPS) is 17.5. The van der Waals surface area contributed by atoms with Gasteiger partial charge in [-0.05, 0) is 31.2 Å². The molecule has 0 aliphatic carbocycles. The molecule has 1 saturated heterocycles. The van der Waals surface area contributed by atoms with Crippen LogP contribution in [-0.4, -0.2) is 64.1 Å². The molecule has 0 unspecified atom stereocenters. The summed E-state index contributed by atoms with van der Waals surface area (Å²) in [6.45, 7) is -0.0108. The van der Waals surface area contributed by atoms with Gasteiger partial charge in [0.15, 0.2) is 5.54 Å². The number of nitrogens with zero attached hydrogens (tertiary/aromatic N) is 4. The zero-order valence-corrected chi connectivity index (χ0v) is 18.9. The Morgan fingerprint density at radius 3 is 2.14 bits per heavy atom. The molecule has 16 heteroatoms. The molecule has 2 aromatic rings. The molecule has 2 heterocycles. The van der Waals surface area contributed by atoms with E-state index in [-0.39, 0.29) is 16.2 Å². The Balaban J connectivity index is 2.02. The molecular weight excluding hydrogens is 527 g/mol. The first kappa shape index (κ1) is 27.4. The summed E-state index contributed by atoms with van der Waals surface area (Å²) in [6, 6.07) is 2.56. The molecule has 1 N–H and O–H groups in total. The lowest BCUT2D eigenvalue weighted by Gasteiger charge is -2.44. The van der Waals surface area contributed by atoms with Crippen LogP contribution in [-0.2, 0) is 15.1 Å². The largest absolute Gasteiger partial charge is 0.573 e. The molecule has 0 saturated carbocycles. The summed E-state index contributed by atoms with van der Waals surface area (Å²) in [7, 11) is 0. The number of nitrogens with one attached hydrogen (secondary N) is 1. The molecular formula is C20H17ClF7N5O3. The number of amides is 2. The summed E-state index contributed by atoms with van der Waals surface area (Å²) >= 11 is 5.38. The Labute approximate surface area is 204 Å². The first-order valence-corrected chi connectivity index (χ1v) is 10.4. The van der Waals surface area contributed by atoms with Gasteiger partial charge in [-0.15, -0.1) is 13.2 Å². The second kappa shape index (κ2) is 10.0. The molecule has 8 nitrogen and oxygen atoms in total. The van der Waals surface area contributed by atoms with E-state index in [1.54, 1.807) is 0 Å². The van der Waals surface area contributed by atoms with E-state index in [4.69, 9.17) is 11.6 Å². The highest BCUT2D eigenvalue weighted by Crippen LogP contribution is 2.37. The van der Waals surface area contributed by atoms with E-state index < -0.39 is 60.5 Å². The molecule has 0 spiro atoms. The van der Waals surface area contributed by atoms with Gasteiger partial charge in [-0.2, -0.15) is 13.2 Å².